The number of esters is 1. The maximum absolute atomic E-state index is 12.2. The molecule has 0 aromatic heterocycles. The van der Waals surface area contributed by atoms with Crippen LogP contribution in [0.15, 0.2) is 65.3 Å². The lowest BCUT2D eigenvalue weighted by Gasteiger charge is -2.54. The third-order valence-electron chi connectivity index (χ3n) is 9.55. The Morgan fingerprint density at radius 2 is 1.89 bits per heavy atom. The van der Waals surface area contributed by atoms with Gasteiger partial charge in [-0.1, -0.05) is 55.0 Å². The normalized spacial score (nSPS) is 33.9. The Morgan fingerprint density at radius 1 is 1.11 bits per heavy atom. The zero-order chi connectivity index (χ0) is 25.5. The topological polar surface area (TPSA) is 63.6 Å². The van der Waals surface area contributed by atoms with E-state index in [2.05, 4.69) is 31.2 Å². The lowest BCUT2D eigenvalue weighted by molar-refractivity contribution is -0.137. The number of aliphatic hydroxyl groups is 1. The van der Waals surface area contributed by atoms with Crippen LogP contribution < -0.4 is 0 Å². The van der Waals surface area contributed by atoms with Gasteiger partial charge in [0.2, 0.25) is 0 Å². The maximum atomic E-state index is 12.2. The third kappa shape index (κ3) is 4.34. The molecule has 2 saturated carbocycles. The van der Waals surface area contributed by atoms with E-state index in [-0.39, 0.29) is 23.1 Å². The van der Waals surface area contributed by atoms with Crippen molar-refractivity contribution in [1.29, 1.82) is 0 Å². The molecule has 0 saturated heterocycles. The van der Waals surface area contributed by atoms with Crippen molar-refractivity contribution < 1.29 is 19.4 Å². The minimum Gasteiger partial charge on any atom is -0.463 e. The Kier molecular flexibility index (Phi) is 6.67. The molecule has 0 spiro atoms. The van der Waals surface area contributed by atoms with Crippen molar-refractivity contribution in [3.8, 4) is 0 Å². The fourth-order valence-corrected chi connectivity index (χ4v) is 7.51. The predicted octanol–water partition coefficient (Wildman–Crippen LogP) is 6.47. The van der Waals surface area contributed by atoms with Gasteiger partial charge >= 0.3 is 5.97 Å². The van der Waals surface area contributed by atoms with Gasteiger partial charge in [-0.3, -0.25) is 4.79 Å². The summed E-state index contributed by atoms with van der Waals surface area (Å²) >= 11 is 0. The van der Waals surface area contributed by atoms with Gasteiger partial charge in [0.25, 0.3) is 0 Å². The average molecular weight is 487 g/mol. The molecule has 0 bridgehead atoms. The van der Waals surface area contributed by atoms with Crippen LogP contribution in [-0.4, -0.2) is 29.1 Å². The molecule has 36 heavy (non-hydrogen) atoms. The second kappa shape index (κ2) is 9.63. The fraction of sp³-hybridized carbons (Fsp3) is 0.500. The molecular formula is C32H38O4. The molecule has 2 fully saturated rings. The first-order chi connectivity index (χ1) is 17.2. The van der Waals surface area contributed by atoms with Crippen LogP contribution in [0.2, 0.25) is 0 Å². The number of rotatable bonds is 5. The fourth-order valence-electron chi connectivity index (χ4n) is 7.51. The van der Waals surface area contributed by atoms with Crippen LogP contribution in [0.3, 0.4) is 0 Å². The number of ether oxygens (including phenoxy) is 1. The average Bonchev–Trinajstić information content (AvgIpc) is 3.10. The molecule has 0 amide bonds. The summed E-state index contributed by atoms with van der Waals surface area (Å²) in [5.74, 6) is 1.17. The zero-order valence-electron chi connectivity index (χ0n) is 21.8. The molecule has 4 aliphatic carbocycles. The second-order valence-corrected chi connectivity index (χ2v) is 11.4. The highest BCUT2D eigenvalue weighted by Gasteiger charge is 2.60. The zero-order valence-corrected chi connectivity index (χ0v) is 21.8. The van der Waals surface area contributed by atoms with Gasteiger partial charge < -0.3 is 9.84 Å². The first kappa shape index (κ1) is 25.0. The summed E-state index contributed by atoms with van der Waals surface area (Å²) in [6.07, 6.45) is 15.3. The number of ketones is 1. The van der Waals surface area contributed by atoms with E-state index in [9.17, 15) is 14.7 Å². The number of allylic oxidation sites excluding steroid dienone is 6. The Morgan fingerprint density at radius 3 is 2.64 bits per heavy atom. The molecule has 0 radical (unpaired) electrons. The van der Waals surface area contributed by atoms with Crippen LogP contribution in [0.4, 0.5) is 0 Å². The lowest BCUT2D eigenvalue weighted by atomic mass is 9.51. The molecule has 5 atom stereocenters. The van der Waals surface area contributed by atoms with Gasteiger partial charge in [0, 0.05) is 23.8 Å². The minimum atomic E-state index is -0.654. The van der Waals surface area contributed by atoms with E-state index < -0.39 is 5.60 Å². The van der Waals surface area contributed by atoms with Crippen molar-refractivity contribution in [1.82, 2.24) is 0 Å². The molecular weight excluding hydrogens is 448 g/mol. The number of carbonyl (C=O) groups excluding carboxylic acids is 2. The smallest absolute Gasteiger partial charge is 0.330 e. The Hall–Kier alpha value is -2.72. The van der Waals surface area contributed by atoms with E-state index in [1.165, 1.54) is 22.8 Å². The van der Waals surface area contributed by atoms with Crippen molar-refractivity contribution in [3.05, 3.63) is 76.4 Å². The molecule has 4 heteroatoms. The van der Waals surface area contributed by atoms with Crippen molar-refractivity contribution in [3.63, 3.8) is 0 Å². The van der Waals surface area contributed by atoms with Crippen LogP contribution in [-0.2, 0) is 14.3 Å². The van der Waals surface area contributed by atoms with Crippen LogP contribution in [0.1, 0.15) is 82.8 Å². The second-order valence-electron chi connectivity index (χ2n) is 11.4. The highest BCUT2D eigenvalue weighted by Crippen LogP contribution is 2.66. The maximum Gasteiger partial charge on any atom is 0.330 e. The molecule has 4 nitrogen and oxygen atoms in total. The predicted molar refractivity (Wildman–Crippen MR) is 142 cm³/mol. The first-order valence-corrected chi connectivity index (χ1v) is 13.5. The molecule has 190 valence electrons. The standard InChI is InChI=1S/C32H38O4/c1-4-36-29(34)8-6-5-7-21-9-11-22(12-10-21)27-20-31(2)28(17-18-32(31,3)35)26-15-13-23-19-24(33)14-16-25(23)30(26)27/h5-12,19,26-28,35H,4,13-18,20H2,1-3H3/b7-5+,8-6+/t26?,27-,28?,31+,32+/m1/s1. The Balaban J connectivity index is 1.48. The monoisotopic (exact) mass is 486 g/mol. The SMILES string of the molecule is CCOC(=O)/C=C/C=C/c1ccc([C@H]2C[C@@]3(C)C(CC[C@]3(C)O)C3CCC4=CC(=O)CCC4=C32)cc1. The van der Waals surface area contributed by atoms with Crippen LogP contribution in [0.25, 0.3) is 6.08 Å². The molecule has 1 aromatic carbocycles. The van der Waals surface area contributed by atoms with Gasteiger partial charge in [-0.15, -0.1) is 0 Å². The highest BCUT2D eigenvalue weighted by molar-refractivity contribution is 5.93. The van der Waals surface area contributed by atoms with E-state index in [1.54, 1.807) is 18.6 Å². The molecule has 0 aliphatic heterocycles. The van der Waals surface area contributed by atoms with Gasteiger partial charge in [0.1, 0.15) is 0 Å². The van der Waals surface area contributed by atoms with Gasteiger partial charge in [-0.05, 0) is 92.6 Å². The number of hydrogen-bond acceptors (Lipinski definition) is 4. The Labute approximate surface area is 214 Å². The largest absolute Gasteiger partial charge is 0.463 e. The van der Waals surface area contributed by atoms with Gasteiger partial charge in [0.05, 0.1) is 12.2 Å². The van der Waals surface area contributed by atoms with E-state index in [1.807, 2.05) is 25.2 Å². The summed E-state index contributed by atoms with van der Waals surface area (Å²) in [6, 6.07) is 8.72. The van der Waals surface area contributed by atoms with E-state index in [0.717, 1.165) is 44.1 Å². The van der Waals surface area contributed by atoms with Crippen molar-refractivity contribution in [2.45, 2.75) is 77.2 Å². The molecule has 5 rings (SSSR count). The van der Waals surface area contributed by atoms with Crippen LogP contribution >= 0.6 is 0 Å². The summed E-state index contributed by atoms with van der Waals surface area (Å²) in [5, 5.41) is 11.5. The van der Waals surface area contributed by atoms with Crippen molar-refractivity contribution >= 4 is 17.8 Å². The van der Waals surface area contributed by atoms with Gasteiger partial charge in [0.15, 0.2) is 5.78 Å². The molecule has 0 heterocycles. The minimum absolute atomic E-state index is 0.117. The molecule has 1 aromatic rings. The summed E-state index contributed by atoms with van der Waals surface area (Å²) in [6.45, 7) is 6.54. The van der Waals surface area contributed by atoms with E-state index in [4.69, 9.17) is 4.74 Å². The molecule has 2 unspecified atom stereocenters. The summed E-state index contributed by atoms with van der Waals surface area (Å²) in [4.78, 5) is 23.7. The van der Waals surface area contributed by atoms with E-state index >= 15 is 0 Å². The Bertz CT molecular complexity index is 1160. The summed E-state index contributed by atoms with van der Waals surface area (Å²) < 4.78 is 4.91. The molecule has 1 N–H and O–H groups in total. The quantitative estimate of drug-likeness (QED) is 0.294. The number of hydrogen-bond donors (Lipinski definition) is 1. The lowest BCUT2D eigenvalue weighted by Crippen LogP contribution is -2.50. The number of fused-ring (bicyclic) bond motifs is 4. The number of carbonyl (C=O) groups is 2. The summed E-state index contributed by atoms with van der Waals surface area (Å²) in [7, 11) is 0. The van der Waals surface area contributed by atoms with Gasteiger partial charge in [-0.2, -0.15) is 0 Å². The number of benzene rings is 1. The van der Waals surface area contributed by atoms with Crippen LogP contribution in [0.5, 0.6) is 0 Å². The van der Waals surface area contributed by atoms with Crippen molar-refractivity contribution in [2.24, 2.45) is 17.3 Å². The highest BCUT2D eigenvalue weighted by atomic mass is 16.5. The van der Waals surface area contributed by atoms with Crippen LogP contribution in [0, 0.1) is 17.3 Å². The first-order valence-electron chi connectivity index (χ1n) is 13.5. The van der Waals surface area contributed by atoms with E-state index in [0.29, 0.717) is 24.9 Å². The summed E-state index contributed by atoms with van der Waals surface area (Å²) in [5.41, 5.74) is 5.86. The molecule has 4 aliphatic rings. The van der Waals surface area contributed by atoms with Crippen molar-refractivity contribution in [2.75, 3.05) is 6.61 Å². The van der Waals surface area contributed by atoms with Gasteiger partial charge in [-0.25, -0.2) is 4.79 Å². The third-order valence-corrected chi connectivity index (χ3v) is 9.55.